The number of rotatable bonds is 7. The largest absolute Gasteiger partial charge is 0.497 e. The summed E-state index contributed by atoms with van der Waals surface area (Å²) in [5.74, 6) is 0.635. The Kier molecular flexibility index (Phi) is 7.25. The van der Waals surface area contributed by atoms with Crippen LogP contribution in [0.15, 0.2) is 48.5 Å². The van der Waals surface area contributed by atoms with Crippen molar-refractivity contribution in [3.8, 4) is 5.75 Å². The van der Waals surface area contributed by atoms with E-state index in [-0.39, 0.29) is 11.8 Å². The Morgan fingerprint density at radius 2 is 2.00 bits per heavy atom. The number of benzene rings is 2. The van der Waals surface area contributed by atoms with Gasteiger partial charge in [0.25, 0.3) is 5.91 Å². The van der Waals surface area contributed by atoms with Crippen LogP contribution >= 0.6 is 0 Å². The second-order valence-electron chi connectivity index (χ2n) is 7.38. The molecule has 29 heavy (non-hydrogen) atoms. The Balaban J connectivity index is 1.49. The standard InChI is InChI=1S/C23H28N2O4/c1-29-21-12-10-17(11-13-21)5-2-9-22(27)24-19-7-3-6-18(15-19)23(28)25-14-4-8-20(26)16-25/h3,6-7,10-13,15,20,26H,2,4-5,8-9,14,16H2,1H3,(H,24,27)/t20-/m0/s1. The zero-order valence-corrected chi connectivity index (χ0v) is 16.8. The van der Waals surface area contributed by atoms with Crippen molar-refractivity contribution >= 4 is 17.5 Å². The normalized spacial score (nSPS) is 16.3. The summed E-state index contributed by atoms with van der Waals surface area (Å²) in [5.41, 5.74) is 2.30. The third-order valence-corrected chi connectivity index (χ3v) is 5.11. The molecule has 1 aliphatic rings. The number of aliphatic hydroxyl groups is 1. The quantitative estimate of drug-likeness (QED) is 0.753. The number of carbonyl (C=O) groups is 2. The minimum atomic E-state index is -0.457. The molecule has 0 aliphatic carbocycles. The third kappa shape index (κ3) is 6.06. The van der Waals surface area contributed by atoms with E-state index in [9.17, 15) is 14.7 Å². The van der Waals surface area contributed by atoms with Crippen LogP contribution in [-0.4, -0.2) is 48.1 Å². The second-order valence-corrected chi connectivity index (χ2v) is 7.38. The predicted molar refractivity (Wildman–Crippen MR) is 112 cm³/mol. The average Bonchev–Trinajstić information content (AvgIpc) is 2.74. The van der Waals surface area contributed by atoms with Gasteiger partial charge in [-0.25, -0.2) is 0 Å². The summed E-state index contributed by atoms with van der Waals surface area (Å²) in [4.78, 5) is 26.6. The van der Waals surface area contributed by atoms with Gasteiger partial charge in [0.1, 0.15) is 5.75 Å². The predicted octanol–water partition coefficient (Wildman–Crippen LogP) is 3.25. The van der Waals surface area contributed by atoms with E-state index in [1.165, 1.54) is 0 Å². The molecule has 1 atom stereocenters. The van der Waals surface area contributed by atoms with Gasteiger partial charge in [-0.1, -0.05) is 18.2 Å². The maximum Gasteiger partial charge on any atom is 0.254 e. The molecule has 1 fully saturated rings. The van der Waals surface area contributed by atoms with Gasteiger partial charge in [0, 0.05) is 30.8 Å². The molecule has 154 valence electrons. The lowest BCUT2D eigenvalue weighted by Crippen LogP contribution is -2.42. The molecule has 2 N–H and O–H groups in total. The van der Waals surface area contributed by atoms with Crippen LogP contribution in [0.4, 0.5) is 5.69 Å². The van der Waals surface area contributed by atoms with Gasteiger partial charge in [0.05, 0.1) is 13.2 Å². The van der Waals surface area contributed by atoms with Crippen molar-refractivity contribution in [3.63, 3.8) is 0 Å². The maximum absolute atomic E-state index is 12.7. The van der Waals surface area contributed by atoms with Gasteiger partial charge in [-0.05, 0) is 61.6 Å². The van der Waals surface area contributed by atoms with E-state index >= 15 is 0 Å². The van der Waals surface area contributed by atoms with Gasteiger partial charge < -0.3 is 20.1 Å². The lowest BCUT2D eigenvalue weighted by atomic mass is 10.1. The van der Waals surface area contributed by atoms with Crippen molar-refractivity contribution in [3.05, 3.63) is 59.7 Å². The van der Waals surface area contributed by atoms with Gasteiger partial charge in [-0.2, -0.15) is 0 Å². The second kappa shape index (κ2) is 10.1. The van der Waals surface area contributed by atoms with Crippen LogP contribution in [0, 0.1) is 0 Å². The first-order valence-corrected chi connectivity index (χ1v) is 10.1. The number of aryl methyl sites for hydroxylation is 1. The maximum atomic E-state index is 12.7. The Morgan fingerprint density at radius 3 is 2.72 bits per heavy atom. The minimum absolute atomic E-state index is 0.0727. The monoisotopic (exact) mass is 396 g/mol. The summed E-state index contributed by atoms with van der Waals surface area (Å²) in [7, 11) is 1.64. The summed E-state index contributed by atoms with van der Waals surface area (Å²) in [6.45, 7) is 1.01. The fraction of sp³-hybridized carbons (Fsp3) is 0.391. The molecule has 2 aromatic rings. The van der Waals surface area contributed by atoms with E-state index in [0.717, 1.165) is 37.0 Å². The van der Waals surface area contributed by atoms with Crippen molar-refractivity contribution in [2.45, 2.75) is 38.2 Å². The van der Waals surface area contributed by atoms with Crippen LogP contribution in [0.2, 0.25) is 0 Å². The smallest absolute Gasteiger partial charge is 0.254 e. The van der Waals surface area contributed by atoms with Crippen molar-refractivity contribution in [1.82, 2.24) is 4.90 Å². The van der Waals surface area contributed by atoms with E-state index in [1.807, 2.05) is 24.3 Å². The molecule has 0 bridgehead atoms. The number of anilines is 1. The van der Waals surface area contributed by atoms with Crippen LogP contribution in [0.5, 0.6) is 5.75 Å². The van der Waals surface area contributed by atoms with Crippen molar-refractivity contribution in [1.29, 1.82) is 0 Å². The number of piperidine rings is 1. The highest BCUT2D eigenvalue weighted by atomic mass is 16.5. The number of nitrogens with one attached hydrogen (secondary N) is 1. The summed E-state index contributed by atoms with van der Waals surface area (Å²) >= 11 is 0. The number of nitrogens with zero attached hydrogens (tertiary/aromatic N) is 1. The molecule has 0 aromatic heterocycles. The van der Waals surface area contributed by atoms with Crippen LogP contribution < -0.4 is 10.1 Å². The number of methoxy groups -OCH3 is 1. The van der Waals surface area contributed by atoms with Crippen LogP contribution in [0.25, 0.3) is 0 Å². The summed E-state index contributed by atoms with van der Waals surface area (Å²) < 4.78 is 5.15. The molecule has 6 nitrogen and oxygen atoms in total. The fourth-order valence-electron chi connectivity index (χ4n) is 3.52. The van der Waals surface area contributed by atoms with Crippen molar-refractivity contribution < 1.29 is 19.4 Å². The minimum Gasteiger partial charge on any atom is -0.497 e. The Bertz CT molecular complexity index is 835. The van der Waals surface area contributed by atoms with E-state index in [1.54, 1.807) is 36.3 Å². The van der Waals surface area contributed by atoms with Gasteiger partial charge in [-0.3, -0.25) is 9.59 Å². The molecular weight excluding hydrogens is 368 g/mol. The molecule has 0 spiro atoms. The molecular formula is C23H28N2O4. The zero-order chi connectivity index (χ0) is 20.6. The van der Waals surface area contributed by atoms with E-state index in [2.05, 4.69) is 5.32 Å². The van der Waals surface area contributed by atoms with Crippen molar-refractivity contribution in [2.75, 3.05) is 25.5 Å². The number of hydrogen-bond acceptors (Lipinski definition) is 4. The van der Waals surface area contributed by atoms with Gasteiger partial charge in [0.15, 0.2) is 0 Å². The van der Waals surface area contributed by atoms with Crippen LogP contribution in [0.3, 0.4) is 0 Å². The number of likely N-dealkylation sites (tertiary alicyclic amines) is 1. The SMILES string of the molecule is COc1ccc(CCCC(=O)Nc2cccc(C(=O)N3CCC[C@H](O)C3)c2)cc1. The third-order valence-electron chi connectivity index (χ3n) is 5.11. The Labute approximate surface area is 171 Å². The summed E-state index contributed by atoms with van der Waals surface area (Å²) in [5, 5.41) is 12.7. The first kappa shape index (κ1) is 20.9. The molecule has 0 unspecified atom stereocenters. The Hall–Kier alpha value is -2.86. The molecule has 0 radical (unpaired) electrons. The van der Waals surface area contributed by atoms with Crippen LogP contribution in [0.1, 0.15) is 41.6 Å². The first-order chi connectivity index (χ1) is 14.0. The number of carbonyl (C=O) groups excluding carboxylic acids is 2. The average molecular weight is 396 g/mol. The molecule has 1 saturated heterocycles. The topological polar surface area (TPSA) is 78.9 Å². The highest BCUT2D eigenvalue weighted by Crippen LogP contribution is 2.18. The fourth-order valence-corrected chi connectivity index (χ4v) is 3.52. The number of β-amino-alcohol motifs (C(OH)–C–C–N with tert-alkyl or cyclic N) is 1. The van der Waals surface area contributed by atoms with Gasteiger partial charge in [-0.15, -0.1) is 0 Å². The van der Waals surface area contributed by atoms with Gasteiger partial charge >= 0.3 is 0 Å². The van der Waals surface area contributed by atoms with Gasteiger partial charge in [0.2, 0.25) is 5.91 Å². The summed E-state index contributed by atoms with van der Waals surface area (Å²) in [6, 6.07) is 14.8. The zero-order valence-electron chi connectivity index (χ0n) is 16.8. The molecule has 1 heterocycles. The molecule has 6 heteroatoms. The van der Waals surface area contributed by atoms with Crippen LogP contribution in [-0.2, 0) is 11.2 Å². The molecule has 2 aromatic carbocycles. The first-order valence-electron chi connectivity index (χ1n) is 10.1. The lowest BCUT2D eigenvalue weighted by Gasteiger charge is -2.30. The number of ether oxygens (including phenoxy) is 1. The molecule has 0 saturated carbocycles. The van der Waals surface area contributed by atoms with E-state index < -0.39 is 6.10 Å². The number of amides is 2. The Morgan fingerprint density at radius 1 is 1.21 bits per heavy atom. The number of aliphatic hydroxyl groups excluding tert-OH is 1. The molecule has 1 aliphatic heterocycles. The van der Waals surface area contributed by atoms with E-state index in [4.69, 9.17) is 4.74 Å². The highest BCUT2D eigenvalue weighted by molar-refractivity contribution is 5.97. The molecule has 3 rings (SSSR count). The van der Waals surface area contributed by atoms with Crippen molar-refractivity contribution in [2.24, 2.45) is 0 Å². The summed E-state index contributed by atoms with van der Waals surface area (Å²) in [6.07, 6.45) is 3.04. The number of hydrogen-bond donors (Lipinski definition) is 2. The highest BCUT2D eigenvalue weighted by Gasteiger charge is 2.23. The molecule has 2 amide bonds. The lowest BCUT2D eigenvalue weighted by molar-refractivity contribution is -0.116. The van der Waals surface area contributed by atoms with E-state index in [0.29, 0.717) is 30.8 Å².